The van der Waals surface area contributed by atoms with Crippen molar-refractivity contribution in [3.8, 4) is 0 Å². The highest BCUT2D eigenvalue weighted by Crippen LogP contribution is 2.28. The minimum Gasteiger partial charge on any atom is -0.444 e. The molecule has 0 aliphatic rings. The van der Waals surface area contributed by atoms with Crippen molar-refractivity contribution in [1.29, 1.82) is 0 Å². The van der Waals surface area contributed by atoms with Gasteiger partial charge in [-0.3, -0.25) is 14.4 Å². The Bertz CT molecular complexity index is 856. The molecule has 0 radical (unpaired) electrons. The molecule has 1 aromatic rings. The first-order chi connectivity index (χ1) is 15.2. The third kappa shape index (κ3) is 8.40. The zero-order valence-electron chi connectivity index (χ0n) is 20.9. The van der Waals surface area contributed by atoms with E-state index < -0.39 is 42.0 Å². The molecule has 0 spiro atoms. The Morgan fingerprint density at radius 1 is 1.06 bits per heavy atom. The molecule has 2 unspecified atom stereocenters. The van der Waals surface area contributed by atoms with Crippen molar-refractivity contribution < 1.29 is 23.9 Å². The van der Waals surface area contributed by atoms with Crippen molar-refractivity contribution in [3.05, 3.63) is 34.9 Å². The SMILES string of the molecule is CCN(C(=O)C(CC(N)=O)NC(=O)OC(C)(C)C)C(C(=O)NC(C)C)c1c(C)cccc1C. The summed E-state index contributed by atoms with van der Waals surface area (Å²) >= 11 is 0. The lowest BCUT2D eigenvalue weighted by molar-refractivity contribution is -0.143. The van der Waals surface area contributed by atoms with Gasteiger partial charge in [0, 0.05) is 12.6 Å². The maximum absolute atomic E-state index is 13.6. The molecule has 2 atom stereocenters. The van der Waals surface area contributed by atoms with Crippen LogP contribution in [0.1, 0.15) is 70.7 Å². The van der Waals surface area contributed by atoms with Gasteiger partial charge >= 0.3 is 6.09 Å². The number of carbonyl (C=O) groups excluding carboxylic acids is 4. The van der Waals surface area contributed by atoms with Gasteiger partial charge in [-0.15, -0.1) is 0 Å². The van der Waals surface area contributed by atoms with Crippen LogP contribution in [0.2, 0.25) is 0 Å². The average molecular weight is 463 g/mol. The van der Waals surface area contributed by atoms with Gasteiger partial charge in [-0.25, -0.2) is 4.79 Å². The van der Waals surface area contributed by atoms with Crippen LogP contribution < -0.4 is 16.4 Å². The van der Waals surface area contributed by atoms with Gasteiger partial charge in [-0.2, -0.15) is 0 Å². The summed E-state index contributed by atoms with van der Waals surface area (Å²) in [5.41, 5.74) is 6.94. The van der Waals surface area contributed by atoms with E-state index in [-0.39, 0.29) is 18.5 Å². The molecule has 33 heavy (non-hydrogen) atoms. The van der Waals surface area contributed by atoms with Crippen molar-refractivity contribution in [2.45, 2.75) is 85.5 Å². The molecule has 0 fully saturated rings. The van der Waals surface area contributed by atoms with Crippen LogP contribution in [0.5, 0.6) is 0 Å². The molecule has 4 amide bonds. The lowest BCUT2D eigenvalue weighted by Gasteiger charge is -2.35. The molecular formula is C24H38N4O5. The number of ether oxygens (including phenoxy) is 1. The number of nitrogens with one attached hydrogen (secondary N) is 2. The minimum atomic E-state index is -1.28. The molecule has 0 heterocycles. The normalized spacial score (nSPS) is 13.1. The Hall–Kier alpha value is -3.10. The Kier molecular flexibility index (Phi) is 9.88. The number of amides is 4. The summed E-state index contributed by atoms with van der Waals surface area (Å²) < 4.78 is 5.24. The number of nitrogens with two attached hydrogens (primary N) is 1. The first-order valence-corrected chi connectivity index (χ1v) is 11.1. The van der Waals surface area contributed by atoms with Crippen molar-refractivity contribution in [2.75, 3.05) is 6.54 Å². The second-order valence-corrected chi connectivity index (χ2v) is 9.36. The predicted molar refractivity (Wildman–Crippen MR) is 126 cm³/mol. The molecule has 9 nitrogen and oxygen atoms in total. The highest BCUT2D eigenvalue weighted by Gasteiger charge is 2.37. The maximum Gasteiger partial charge on any atom is 0.408 e. The third-order valence-electron chi connectivity index (χ3n) is 4.82. The average Bonchev–Trinajstić information content (AvgIpc) is 2.63. The number of benzene rings is 1. The minimum absolute atomic E-state index is 0.153. The van der Waals surface area contributed by atoms with E-state index in [1.807, 2.05) is 45.9 Å². The number of hydrogen-bond acceptors (Lipinski definition) is 5. The lowest BCUT2D eigenvalue weighted by Crippen LogP contribution is -2.54. The van der Waals surface area contributed by atoms with Gasteiger partial charge in [0.2, 0.25) is 17.7 Å². The van der Waals surface area contributed by atoms with E-state index in [0.29, 0.717) is 5.56 Å². The summed E-state index contributed by atoms with van der Waals surface area (Å²) in [4.78, 5) is 52.3. The number of nitrogens with zero attached hydrogens (tertiary/aromatic N) is 1. The molecule has 184 valence electrons. The first kappa shape index (κ1) is 27.9. The Morgan fingerprint density at radius 3 is 2.03 bits per heavy atom. The Morgan fingerprint density at radius 2 is 1.61 bits per heavy atom. The van der Waals surface area contributed by atoms with E-state index in [0.717, 1.165) is 11.1 Å². The van der Waals surface area contributed by atoms with Crippen molar-refractivity contribution in [1.82, 2.24) is 15.5 Å². The van der Waals surface area contributed by atoms with Crippen molar-refractivity contribution >= 4 is 23.8 Å². The fourth-order valence-electron chi connectivity index (χ4n) is 3.57. The van der Waals surface area contributed by atoms with Crippen LogP contribution >= 0.6 is 0 Å². The Balaban J connectivity index is 3.46. The second kappa shape index (κ2) is 11.7. The summed E-state index contributed by atoms with van der Waals surface area (Å²) in [5, 5.41) is 5.33. The number of carbonyl (C=O) groups is 4. The number of hydrogen-bond donors (Lipinski definition) is 3. The standard InChI is InChI=1S/C24H38N4O5/c1-9-28(22(31)17(13-18(25)29)27-23(32)33-24(6,7)8)20(21(30)26-14(2)3)19-15(4)11-10-12-16(19)5/h10-12,14,17,20H,9,13H2,1-8H3,(H2,25,29)(H,26,30)(H,27,32). The van der Waals surface area contributed by atoms with Crippen LogP contribution in [0.15, 0.2) is 18.2 Å². The smallest absolute Gasteiger partial charge is 0.408 e. The van der Waals surface area contributed by atoms with Crippen LogP contribution in [0, 0.1) is 13.8 Å². The van der Waals surface area contributed by atoms with Gasteiger partial charge in [0.25, 0.3) is 0 Å². The van der Waals surface area contributed by atoms with Gasteiger partial charge in [-0.05, 0) is 72.1 Å². The molecule has 0 aliphatic heterocycles. The third-order valence-corrected chi connectivity index (χ3v) is 4.82. The molecule has 0 bridgehead atoms. The number of aryl methyl sites for hydroxylation is 2. The zero-order chi connectivity index (χ0) is 25.5. The van der Waals surface area contributed by atoms with Crippen LogP contribution in [0.25, 0.3) is 0 Å². The largest absolute Gasteiger partial charge is 0.444 e. The van der Waals surface area contributed by atoms with Crippen LogP contribution in [-0.2, 0) is 19.1 Å². The molecule has 1 rings (SSSR count). The maximum atomic E-state index is 13.6. The highest BCUT2D eigenvalue weighted by atomic mass is 16.6. The summed E-state index contributed by atoms with van der Waals surface area (Å²) in [6.07, 6.45) is -1.28. The summed E-state index contributed by atoms with van der Waals surface area (Å²) in [6, 6.07) is 3.23. The van der Waals surface area contributed by atoms with E-state index in [9.17, 15) is 19.2 Å². The van der Waals surface area contributed by atoms with Crippen LogP contribution in [0.4, 0.5) is 4.79 Å². The lowest BCUT2D eigenvalue weighted by atomic mass is 9.93. The summed E-state index contributed by atoms with van der Waals surface area (Å²) in [6.45, 7) is 14.3. The molecule has 0 aromatic heterocycles. The van der Waals surface area contributed by atoms with E-state index in [1.165, 1.54) is 4.90 Å². The number of rotatable bonds is 9. The van der Waals surface area contributed by atoms with Crippen LogP contribution in [0.3, 0.4) is 0 Å². The highest BCUT2D eigenvalue weighted by molar-refractivity contribution is 5.94. The van der Waals surface area contributed by atoms with E-state index in [1.54, 1.807) is 27.7 Å². The fraction of sp³-hybridized carbons (Fsp3) is 0.583. The summed E-state index contributed by atoms with van der Waals surface area (Å²) in [7, 11) is 0. The topological polar surface area (TPSA) is 131 Å². The quantitative estimate of drug-likeness (QED) is 0.519. The van der Waals surface area contributed by atoms with Gasteiger partial charge < -0.3 is 26.0 Å². The van der Waals surface area contributed by atoms with Gasteiger partial charge in [0.15, 0.2) is 0 Å². The first-order valence-electron chi connectivity index (χ1n) is 11.1. The predicted octanol–water partition coefficient (Wildman–Crippen LogP) is 2.49. The molecule has 0 saturated heterocycles. The van der Waals surface area contributed by atoms with E-state index in [2.05, 4.69) is 10.6 Å². The molecule has 9 heteroatoms. The number of primary amides is 1. The molecule has 4 N–H and O–H groups in total. The van der Waals surface area contributed by atoms with E-state index >= 15 is 0 Å². The van der Waals surface area contributed by atoms with E-state index in [4.69, 9.17) is 10.5 Å². The monoisotopic (exact) mass is 462 g/mol. The van der Waals surface area contributed by atoms with Crippen molar-refractivity contribution in [3.63, 3.8) is 0 Å². The van der Waals surface area contributed by atoms with Crippen LogP contribution in [-0.4, -0.2) is 52.9 Å². The Labute approximate surface area is 196 Å². The zero-order valence-corrected chi connectivity index (χ0v) is 20.9. The molecule has 0 aliphatic carbocycles. The van der Waals surface area contributed by atoms with Crippen molar-refractivity contribution in [2.24, 2.45) is 5.73 Å². The molecule has 1 aromatic carbocycles. The second-order valence-electron chi connectivity index (χ2n) is 9.36. The summed E-state index contributed by atoms with van der Waals surface area (Å²) in [5.74, 6) is -1.72. The fourth-order valence-corrected chi connectivity index (χ4v) is 3.57. The van der Waals surface area contributed by atoms with Gasteiger partial charge in [0.1, 0.15) is 17.7 Å². The molecule has 0 saturated carbocycles. The van der Waals surface area contributed by atoms with Gasteiger partial charge in [0.05, 0.1) is 6.42 Å². The number of alkyl carbamates (subject to hydrolysis) is 1. The molecular weight excluding hydrogens is 424 g/mol. The van der Waals surface area contributed by atoms with Gasteiger partial charge in [-0.1, -0.05) is 18.2 Å². The number of likely N-dealkylation sites (N-methyl/N-ethyl adjacent to an activating group) is 1.